The van der Waals surface area contributed by atoms with Gasteiger partial charge in [0.05, 0.1) is 0 Å². The van der Waals surface area contributed by atoms with Gasteiger partial charge in [0.2, 0.25) is 11.7 Å². The highest BCUT2D eigenvalue weighted by Gasteiger charge is 2.17. The number of hydrogen-bond donors (Lipinski definition) is 1. The van der Waals surface area contributed by atoms with Crippen molar-refractivity contribution in [1.82, 2.24) is 15.5 Å². The lowest BCUT2D eigenvalue weighted by molar-refractivity contribution is -0.123. The quantitative estimate of drug-likeness (QED) is 0.728. The molecule has 3 aromatic rings. The Kier molecular flexibility index (Phi) is 5.30. The zero-order valence-electron chi connectivity index (χ0n) is 13.5. The molecule has 1 amide bonds. The van der Waals surface area contributed by atoms with Gasteiger partial charge in [-0.25, -0.2) is 0 Å². The first-order valence-corrected chi connectivity index (χ1v) is 8.06. The van der Waals surface area contributed by atoms with Crippen LogP contribution in [0.3, 0.4) is 0 Å². The lowest BCUT2D eigenvalue weighted by Crippen LogP contribution is -2.31. The minimum absolute atomic E-state index is 0.0907. The third-order valence-electron chi connectivity index (χ3n) is 3.41. The molecule has 3 rings (SSSR count). The number of nitrogens with zero attached hydrogens (tertiary/aromatic N) is 2. The molecule has 0 aliphatic rings. The second kappa shape index (κ2) is 7.81. The van der Waals surface area contributed by atoms with Gasteiger partial charge in [-0.2, -0.15) is 4.98 Å². The van der Waals surface area contributed by atoms with E-state index in [1.54, 1.807) is 43.3 Å². The van der Waals surface area contributed by atoms with E-state index in [1.165, 1.54) is 0 Å². The molecule has 0 aliphatic heterocycles. The Morgan fingerprint density at radius 2 is 1.92 bits per heavy atom. The molecule has 25 heavy (non-hydrogen) atoms. The van der Waals surface area contributed by atoms with E-state index in [2.05, 4.69) is 15.5 Å². The summed E-state index contributed by atoms with van der Waals surface area (Å²) in [5, 5.41) is 7.32. The Labute approximate surface area is 149 Å². The number of amides is 1. The minimum Gasteiger partial charge on any atom is -0.484 e. The third kappa shape index (κ3) is 4.58. The van der Waals surface area contributed by atoms with E-state index in [-0.39, 0.29) is 12.5 Å². The Bertz CT molecular complexity index is 834. The fourth-order valence-corrected chi connectivity index (χ4v) is 2.26. The second-order valence-corrected chi connectivity index (χ2v) is 5.79. The average molecular weight is 358 g/mol. The molecule has 0 bridgehead atoms. The average Bonchev–Trinajstić information content (AvgIpc) is 3.12. The van der Waals surface area contributed by atoms with Gasteiger partial charge in [-0.15, -0.1) is 0 Å². The van der Waals surface area contributed by atoms with Crippen LogP contribution in [0, 0.1) is 0 Å². The van der Waals surface area contributed by atoms with Gasteiger partial charge in [0.15, 0.2) is 6.61 Å². The summed E-state index contributed by atoms with van der Waals surface area (Å²) in [6.45, 7) is 1.67. The van der Waals surface area contributed by atoms with E-state index in [4.69, 9.17) is 20.9 Å². The molecule has 0 spiro atoms. The van der Waals surface area contributed by atoms with Crippen LogP contribution in [-0.2, 0) is 4.79 Å². The third-order valence-corrected chi connectivity index (χ3v) is 3.66. The summed E-state index contributed by atoms with van der Waals surface area (Å²) in [4.78, 5) is 16.3. The van der Waals surface area contributed by atoms with Gasteiger partial charge in [-0.1, -0.05) is 35.0 Å². The number of carbonyl (C=O) groups excluding carboxylic acids is 1. The Balaban J connectivity index is 1.57. The van der Waals surface area contributed by atoms with Crippen molar-refractivity contribution in [1.29, 1.82) is 0 Å². The van der Waals surface area contributed by atoms with Crippen molar-refractivity contribution in [2.45, 2.75) is 13.0 Å². The van der Waals surface area contributed by atoms with Gasteiger partial charge < -0.3 is 14.6 Å². The zero-order chi connectivity index (χ0) is 17.6. The predicted octanol–water partition coefficient (Wildman–Crippen LogP) is 3.65. The van der Waals surface area contributed by atoms with Crippen molar-refractivity contribution < 1.29 is 14.1 Å². The van der Waals surface area contributed by atoms with Crippen molar-refractivity contribution in [2.75, 3.05) is 6.61 Å². The van der Waals surface area contributed by atoms with Crippen LogP contribution in [0.25, 0.3) is 11.4 Å². The topological polar surface area (TPSA) is 77.2 Å². The first kappa shape index (κ1) is 17.0. The summed E-state index contributed by atoms with van der Waals surface area (Å²) in [6, 6.07) is 15.8. The standard InChI is InChI=1S/C18H16ClN3O3/c1-12(20-16(23)11-24-15-5-3-2-4-6-15)18-21-17(22-25-18)13-7-9-14(19)10-8-13/h2-10,12H,11H2,1H3,(H,20,23)/t12-/m1/s1. The summed E-state index contributed by atoms with van der Waals surface area (Å²) in [6.07, 6.45) is 0. The molecule has 0 fully saturated rings. The number of halogens is 1. The molecule has 2 aromatic carbocycles. The largest absolute Gasteiger partial charge is 0.484 e. The van der Waals surface area contributed by atoms with E-state index in [0.717, 1.165) is 5.56 Å². The van der Waals surface area contributed by atoms with Gasteiger partial charge in [0, 0.05) is 10.6 Å². The molecule has 0 unspecified atom stereocenters. The van der Waals surface area contributed by atoms with E-state index in [0.29, 0.717) is 22.5 Å². The molecule has 1 N–H and O–H groups in total. The summed E-state index contributed by atoms with van der Waals surface area (Å²) in [5.41, 5.74) is 0.783. The van der Waals surface area contributed by atoms with Crippen LogP contribution in [0.15, 0.2) is 59.1 Å². The van der Waals surface area contributed by atoms with Crippen molar-refractivity contribution in [2.24, 2.45) is 0 Å². The molecule has 0 saturated carbocycles. The maximum Gasteiger partial charge on any atom is 0.258 e. The molecule has 0 radical (unpaired) electrons. The lowest BCUT2D eigenvalue weighted by atomic mass is 10.2. The van der Waals surface area contributed by atoms with Crippen LogP contribution >= 0.6 is 11.6 Å². The molecule has 7 heteroatoms. The molecular formula is C18H16ClN3O3. The molecular weight excluding hydrogens is 342 g/mol. The van der Waals surface area contributed by atoms with Crippen molar-refractivity contribution in [3.8, 4) is 17.1 Å². The van der Waals surface area contributed by atoms with E-state index < -0.39 is 6.04 Å². The maximum absolute atomic E-state index is 12.0. The number of aromatic nitrogens is 2. The highest BCUT2D eigenvalue weighted by atomic mass is 35.5. The van der Waals surface area contributed by atoms with Gasteiger partial charge >= 0.3 is 0 Å². The summed E-state index contributed by atoms with van der Waals surface area (Å²) in [7, 11) is 0. The first-order valence-electron chi connectivity index (χ1n) is 7.68. The fourth-order valence-electron chi connectivity index (χ4n) is 2.14. The van der Waals surface area contributed by atoms with Crippen molar-refractivity contribution >= 4 is 17.5 Å². The number of nitrogens with one attached hydrogen (secondary N) is 1. The Hall–Kier alpha value is -2.86. The van der Waals surface area contributed by atoms with Crippen molar-refractivity contribution in [3.63, 3.8) is 0 Å². The number of carbonyl (C=O) groups is 1. The van der Waals surface area contributed by atoms with Crippen LogP contribution < -0.4 is 10.1 Å². The smallest absolute Gasteiger partial charge is 0.258 e. The summed E-state index contributed by atoms with van der Waals surface area (Å²) < 4.78 is 10.6. The Morgan fingerprint density at radius 1 is 1.20 bits per heavy atom. The second-order valence-electron chi connectivity index (χ2n) is 5.35. The van der Waals surface area contributed by atoms with Crippen LogP contribution in [-0.4, -0.2) is 22.7 Å². The molecule has 1 atom stereocenters. The SMILES string of the molecule is C[C@@H](NC(=O)COc1ccccc1)c1nc(-c2ccc(Cl)cc2)no1. The van der Waals surface area contributed by atoms with Gasteiger partial charge in [0.25, 0.3) is 5.91 Å². The first-order chi connectivity index (χ1) is 12.1. The van der Waals surface area contributed by atoms with E-state index in [1.807, 2.05) is 18.2 Å². The molecule has 128 valence electrons. The van der Waals surface area contributed by atoms with Gasteiger partial charge in [0.1, 0.15) is 11.8 Å². The highest BCUT2D eigenvalue weighted by Crippen LogP contribution is 2.20. The van der Waals surface area contributed by atoms with Crippen LogP contribution in [0.2, 0.25) is 5.02 Å². The maximum atomic E-state index is 12.0. The van der Waals surface area contributed by atoms with E-state index in [9.17, 15) is 4.79 Å². The van der Waals surface area contributed by atoms with E-state index >= 15 is 0 Å². The zero-order valence-corrected chi connectivity index (χ0v) is 14.2. The number of para-hydroxylation sites is 1. The molecule has 1 heterocycles. The van der Waals surface area contributed by atoms with Gasteiger partial charge in [-0.3, -0.25) is 4.79 Å². The van der Waals surface area contributed by atoms with Crippen molar-refractivity contribution in [3.05, 3.63) is 65.5 Å². The monoisotopic (exact) mass is 357 g/mol. The molecule has 1 aromatic heterocycles. The predicted molar refractivity (Wildman–Crippen MR) is 93.2 cm³/mol. The number of ether oxygens (including phenoxy) is 1. The number of benzene rings is 2. The number of hydrogen-bond acceptors (Lipinski definition) is 5. The lowest BCUT2D eigenvalue weighted by Gasteiger charge is -2.10. The van der Waals surface area contributed by atoms with Crippen LogP contribution in [0.1, 0.15) is 18.9 Å². The Morgan fingerprint density at radius 3 is 2.64 bits per heavy atom. The normalized spacial score (nSPS) is 11.8. The summed E-state index contributed by atoms with van der Waals surface area (Å²) in [5.74, 6) is 1.11. The van der Waals surface area contributed by atoms with Crippen LogP contribution in [0.4, 0.5) is 0 Å². The van der Waals surface area contributed by atoms with Gasteiger partial charge in [-0.05, 0) is 43.3 Å². The fraction of sp³-hybridized carbons (Fsp3) is 0.167. The molecule has 0 saturated heterocycles. The molecule has 0 aliphatic carbocycles. The van der Waals surface area contributed by atoms with Crippen LogP contribution in [0.5, 0.6) is 5.75 Å². The number of rotatable bonds is 6. The molecule has 6 nitrogen and oxygen atoms in total. The summed E-state index contributed by atoms with van der Waals surface area (Å²) >= 11 is 5.86. The minimum atomic E-state index is -0.430. The highest BCUT2D eigenvalue weighted by molar-refractivity contribution is 6.30.